The van der Waals surface area contributed by atoms with Crippen molar-refractivity contribution >= 4 is 21.7 Å². The predicted molar refractivity (Wildman–Crippen MR) is 94.4 cm³/mol. The summed E-state index contributed by atoms with van der Waals surface area (Å²) in [6, 6.07) is 23.9. The molecule has 4 aromatic rings. The van der Waals surface area contributed by atoms with Gasteiger partial charge in [0.1, 0.15) is 0 Å². The molecule has 0 aliphatic heterocycles. The Hall–Kier alpha value is -2.54. The van der Waals surface area contributed by atoms with E-state index in [0.717, 1.165) is 0 Å². The normalized spacial score (nSPS) is 12.1. The van der Waals surface area contributed by atoms with Crippen LogP contribution in [0.3, 0.4) is 0 Å². The number of aromatic amines is 1. The lowest BCUT2D eigenvalue weighted by molar-refractivity contribution is 0.648. The van der Waals surface area contributed by atoms with Crippen LogP contribution in [0.5, 0.6) is 0 Å². The van der Waals surface area contributed by atoms with Crippen LogP contribution in [0.15, 0.2) is 72.9 Å². The topological polar surface area (TPSA) is 15.8 Å². The summed E-state index contributed by atoms with van der Waals surface area (Å²) in [7, 11) is 0. The summed E-state index contributed by atoms with van der Waals surface area (Å²) in [4.78, 5) is 3.40. The number of hydrogen-bond donors (Lipinski definition) is 1. The number of hydrogen-bond acceptors (Lipinski definition) is 0. The van der Waals surface area contributed by atoms with E-state index >= 15 is 0 Å². The average molecular weight is 285 g/mol. The van der Waals surface area contributed by atoms with Crippen molar-refractivity contribution in [1.29, 1.82) is 0 Å². The Morgan fingerprint density at radius 3 is 2.36 bits per heavy atom. The molecule has 1 N–H and O–H groups in total. The minimum atomic E-state index is -0.0381. The van der Waals surface area contributed by atoms with Crippen molar-refractivity contribution in [3.63, 3.8) is 0 Å². The zero-order valence-corrected chi connectivity index (χ0v) is 12.9. The molecule has 0 aliphatic carbocycles. The molecule has 108 valence electrons. The highest BCUT2D eigenvalue weighted by Crippen LogP contribution is 2.37. The Morgan fingerprint density at radius 2 is 1.50 bits per heavy atom. The largest absolute Gasteiger partial charge is 0.361 e. The zero-order valence-electron chi connectivity index (χ0n) is 12.9. The number of rotatable bonds is 2. The molecule has 0 bridgehead atoms. The van der Waals surface area contributed by atoms with E-state index in [1.165, 1.54) is 32.8 Å². The van der Waals surface area contributed by atoms with E-state index in [1.807, 2.05) is 0 Å². The molecule has 1 heterocycles. The van der Waals surface area contributed by atoms with Gasteiger partial charge in [-0.1, -0.05) is 74.5 Å². The zero-order chi connectivity index (χ0) is 15.2. The molecule has 0 radical (unpaired) electrons. The molecule has 0 spiro atoms. The van der Waals surface area contributed by atoms with Gasteiger partial charge < -0.3 is 4.98 Å². The lowest BCUT2D eigenvalue weighted by atomic mass is 9.77. The molecular formula is C21H19N. The summed E-state index contributed by atoms with van der Waals surface area (Å²) < 4.78 is 0. The molecule has 0 atom stereocenters. The van der Waals surface area contributed by atoms with Gasteiger partial charge in [-0.3, -0.25) is 0 Å². The number of nitrogens with one attached hydrogen (secondary N) is 1. The highest BCUT2D eigenvalue weighted by atomic mass is 14.7. The van der Waals surface area contributed by atoms with Crippen molar-refractivity contribution in [1.82, 2.24) is 4.98 Å². The number of fused-ring (bicyclic) bond motifs is 2. The van der Waals surface area contributed by atoms with Gasteiger partial charge in [0, 0.05) is 22.5 Å². The van der Waals surface area contributed by atoms with Crippen LogP contribution < -0.4 is 0 Å². The minimum Gasteiger partial charge on any atom is -0.361 e. The summed E-state index contributed by atoms with van der Waals surface area (Å²) >= 11 is 0. The maximum Gasteiger partial charge on any atom is 0.0457 e. The monoisotopic (exact) mass is 285 g/mol. The summed E-state index contributed by atoms with van der Waals surface area (Å²) in [6.45, 7) is 4.60. The second-order valence-electron chi connectivity index (χ2n) is 6.43. The summed E-state index contributed by atoms with van der Waals surface area (Å²) in [5.41, 5.74) is 3.85. The smallest absolute Gasteiger partial charge is 0.0457 e. The number of benzene rings is 3. The van der Waals surface area contributed by atoms with E-state index in [2.05, 4.69) is 91.8 Å². The van der Waals surface area contributed by atoms with Crippen LogP contribution in [-0.2, 0) is 5.41 Å². The fourth-order valence-corrected chi connectivity index (χ4v) is 3.32. The highest BCUT2D eigenvalue weighted by molar-refractivity contribution is 5.86. The third-order valence-electron chi connectivity index (χ3n) is 4.73. The molecule has 1 heteroatoms. The first-order valence-corrected chi connectivity index (χ1v) is 7.72. The van der Waals surface area contributed by atoms with Crippen molar-refractivity contribution in [2.24, 2.45) is 0 Å². The summed E-state index contributed by atoms with van der Waals surface area (Å²) in [5.74, 6) is 0. The van der Waals surface area contributed by atoms with Gasteiger partial charge in [0.15, 0.2) is 0 Å². The lowest BCUT2D eigenvalue weighted by Gasteiger charge is -2.25. The quantitative estimate of drug-likeness (QED) is 0.490. The average Bonchev–Trinajstić information content (AvgIpc) is 2.99. The number of para-hydroxylation sites is 1. The van der Waals surface area contributed by atoms with Crippen LogP contribution >= 0.6 is 0 Å². The van der Waals surface area contributed by atoms with Crippen molar-refractivity contribution in [3.05, 3.63) is 84.1 Å². The maximum absolute atomic E-state index is 3.40. The molecule has 0 saturated carbocycles. The molecule has 0 amide bonds. The third kappa shape index (κ3) is 1.93. The predicted octanol–water partition coefficient (Wildman–Crippen LogP) is 5.65. The van der Waals surface area contributed by atoms with E-state index in [4.69, 9.17) is 0 Å². The molecule has 0 unspecified atom stereocenters. The SMILES string of the molecule is CC(C)(c1ccc2ccccc2c1)c1c[nH]c2ccccc12. The molecule has 4 rings (SSSR count). The van der Waals surface area contributed by atoms with Gasteiger partial charge in [-0.25, -0.2) is 0 Å². The first-order chi connectivity index (χ1) is 10.7. The van der Waals surface area contributed by atoms with E-state index in [-0.39, 0.29) is 5.41 Å². The second-order valence-corrected chi connectivity index (χ2v) is 6.43. The van der Waals surface area contributed by atoms with Crippen LogP contribution in [0.2, 0.25) is 0 Å². The molecule has 1 aromatic heterocycles. The first-order valence-electron chi connectivity index (χ1n) is 7.72. The molecular weight excluding hydrogens is 266 g/mol. The van der Waals surface area contributed by atoms with Gasteiger partial charge in [0.2, 0.25) is 0 Å². The number of aromatic nitrogens is 1. The molecule has 0 saturated heterocycles. The van der Waals surface area contributed by atoms with Crippen molar-refractivity contribution in [2.75, 3.05) is 0 Å². The van der Waals surface area contributed by atoms with E-state index in [9.17, 15) is 0 Å². The Kier molecular flexibility index (Phi) is 2.83. The lowest BCUT2D eigenvalue weighted by Crippen LogP contribution is -2.18. The van der Waals surface area contributed by atoms with Gasteiger partial charge in [-0.2, -0.15) is 0 Å². The molecule has 0 fully saturated rings. The molecule has 22 heavy (non-hydrogen) atoms. The van der Waals surface area contributed by atoms with E-state index in [1.54, 1.807) is 0 Å². The number of H-pyrrole nitrogens is 1. The fraction of sp³-hybridized carbons (Fsp3) is 0.143. The Bertz CT molecular complexity index is 960. The van der Waals surface area contributed by atoms with E-state index < -0.39 is 0 Å². The first kappa shape index (κ1) is 13.1. The fourth-order valence-electron chi connectivity index (χ4n) is 3.32. The third-order valence-corrected chi connectivity index (χ3v) is 4.73. The minimum absolute atomic E-state index is 0.0381. The van der Waals surface area contributed by atoms with Gasteiger partial charge in [0.25, 0.3) is 0 Å². The maximum atomic E-state index is 3.40. The van der Waals surface area contributed by atoms with Gasteiger partial charge >= 0.3 is 0 Å². The van der Waals surface area contributed by atoms with Crippen molar-refractivity contribution in [3.8, 4) is 0 Å². The summed E-state index contributed by atoms with van der Waals surface area (Å²) in [6.07, 6.45) is 2.15. The van der Waals surface area contributed by atoms with Crippen LogP contribution in [0.4, 0.5) is 0 Å². The van der Waals surface area contributed by atoms with Crippen LogP contribution in [0.1, 0.15) is 25.0 Å². The van der Waals surface area contributed by atoms with Crippen molar-refractivity contribution < 1.29 is 0 Å². The van der Waals surface area contributed by atoms with Crippen LogP contribution in [0, 0.1) is 0 Å². The highest BCUT2D eigenvalue weighted by Gasteiger charge is 2.26. The van der Waals surface area contributed by atoms with Gasteiger partial charge in [-0.05, 0) is 28.0 Å². The standard InChI is InChI=1S/C21H19N/c1-21(2,19-14-22-20-10-6-5-9-18(19)20)17-12-11-15-7-3-4-8-16(15)13-17/h3-14,22H,1-2H3. The summed E-state index contributed by atoms with van der Waals surface area (Å²) in [5, 5.41) is 3.90. The Labute approximate surface area is 130 Å². The molecule has 1 nitrogen and oxygen atoms in total. The van der Waals surface area contributed by atoms with E-state index in [0.29, 0.717) is 0 Å². The Balaban J connectivity index is 1.91. The second kappa shape index (κ2) is 4.74. The Morgan fingerprint density at radius 1 is 0.773 bits per heavy atom. The van der Waals surface area contributed by atoms with Crippen LogP contribution in [0.25, 0.3) is 21.7 Å². The molecule has 3 aromatic carbocycles. The van der Waals surface area contributed by atoms with Gasteiger partial charge in [-0.15, -0.1) is 0 Å². The van der Waals surface area contributed by atoms with Gasteiger partial charge in [0.05, 0.1) is 0 Å². The van der Waals surface area contributed by atoms with Crippen molar-refractivity contribution in [2.45, 2.75) is 19.3 Å². The van der Waals surface area contributed by atoms with Crippen LogP contribution in [-0.4, -0.2) is 4.98 Å². The molecule has 0 aliphatic rings.